The Labute approximate surface area is 114 Å². The lowest BCUT2D eigenvalue weighted by atomic mass is 9.97. The van der Waals surface area contributed by atoms with Crippen molar-refractivity contribution in [2.45, 2.75) is 34.1 Å². The lowest BCUT2D eigenvalue weighted by Gasteiger charge is -2.20. The molecule has 1 N–H and O–H groups in total. The predicted molar refractivity (Wildman–Crippen MR) is 74.2 cm³/mol. The van der Waals surface area contributed by atoms with Crippen LogP contribution in [-0.4, -0.2) is 35.0 Å². The average molecular weight is 263 g/mol. The number of likely N-dealkylation sites (N-methyl/N-ethyl adjacent to an activating group) is 1. The second kappa shape index (κ2) is 6.36. The lowest BCUT2D eigenvalue weighted by Crippen LogP contribution is -2.36. The Kier molecular flexibility index (Phi) is 5.10. The van der Waals surface area contributed by atoms with Crippen molar-refractivity contribution in [2.24, 2.45) is 0 Å². The van der Waals surface area contributed by atoms with Crippen molar-refractivity contribution in [1.82, 2.24) is 4.90 Å². The molecule has 0 radical (unpaired) electrons. The molecule has 0 fully saturated rings. The van der Waals surface area contributed by atoms with Crippen LogP contribution in [0, 0.1) is 20.8 Å². The minimum atomic E-state index is -0.979. The summed E-state index contributed by atoms with van der Waals surface area (Å²) < 4.78 is 0. The first-order valence-electron chi connectivity index (χ1n) is 6.41. The molecule has 0 heterocycles. The Morgan fingerprint density at radius 2 is 1.68 bits per heavy atom. The molecule has 0 aliphatic carbocycles. The van der Waals surface area contributed by atoms with Crippen LogP contribution < -0.4 is 0 Å². The molecule has 0 aliphatic rings. The number of carboxylic acids is 1. The Morgan fingerprint density at radius 1 is 1.16 bits per heavy atom. The van der Waals surface area contributed by atoms with Gasteiger partial charge in [0, 0.05) is 6.54 Å². The second-order valence-corrected chi connectivity index (χ2v) is 4.86. The van der Waals surface area contributed by atoms with Crippen LogP contribution in [0.4, 0.5) is 0 Å². The quantitative estimate of drug-likeness (QED) is 0.885. The lowest BCUT2D eigenvalue weighted by molar-refractivity contribution is -0.144. The monoisotopic (exact) mass is 263 g/mol. The van der Waals surface area contributed by atoms with Crippen LogP contribution in [0.3, 0.4) is 0 Å². The van der Waals surface area contributed by atoms with E-state index in [4.69, 9.17) is 5.11 Å². The molecule has 1 aromatic carbocycles. The van der Waals surface area contributed by atoms with E-state index in [0.29, 0.717) is 6.54 Å². The Balaban J connectivity index is 2.90. The average Bonchev–Trinajstić information content (AvgIpc) is 2.30. The highest BCUT2D eigenvalue weighted by Crippen LogP contribution is 2.17. The predicted octanol–water partition coefficient (Wildman–Crippen LogP) is 2.09. The van der Waals surface area contributed by atoms with Crippen molar-refractivity contribution in [1.29, 1.82) is 0 Å². The second-order valence-electron chi connectivity index (χ2n) is 4.86. The number of hydrogen-bond acceptors (Lipinski definition) is 2. The number of nitrogens with zero attached hydrogens (tertiary/aromatic N) is 1. The smallest absolute Gasteiger partial charge is 0.323 e. The number of aryl methyl sites for hydroxylation is 3. The molecular formula is C15H21NO3. The molecule has 0 aromatic heterocycles. The molecule has 19 heavy (non-hydrogen) atoms. The standard InChI is InChI=1S/C15H21NO3/c1-5-16(9-15(18)19)14(17)8-13-11(3)6-10(2)7-12(13)4/h6-7H,5,8-9H2,1-4H3,(H,18,19). The van der Waals surface area contributed by atoms with Gasteiger partial charge in [0.25, 0.3) is 0 Å². The number of carbonyl (C=O) groups is 2. The largest absolute Gasteiger partial charge is 0.480 e. The summed E-state index contributed by atoms with van der Waals surface area (Å²) in [5.41, 5.74) is 4.33. The van der Waals surface area contributed by atoms with Gasteiger partial charge in [0.05, 0.1) is 6.42 Å². The van der Waals surface area contributed by atoms with Crippen LogP contribution in [0.2, 0.25) is 0 Å². The summed E-state index contributed by atoms with van der Waals surface area (Å²) in [6, 6.07) is 4.09. The first-order valence-corrected chi connectivity index (χ1v) is 6.41. The van der Waals surface area contributed by atoms with Gasteiger partial charge in [-0.25, -0.2) is 0 Å². The van der Waals surface area contributed by atoms with E-state index in [1.165, 1.54) is 10.5 Å². The van der Waals surface area contributed by atoms with Crippen molar-refractivity contribution in [3.8, 4) is 0 Å². The molecule has 0 atom stereocenters. The van der Waals surface area contributed by atoms with E-state index in [1.807, 2.05) is 32.9 Å². The minimum Gasteiger partial charge on any atom is -0.480 e. The number of aliphatic carboxylic acids is 1. The maximum absolute atomic E-state index is 12.1. The fourth-order valence-corrected chi connectivity index (χ4v) is 2.29. The number of amides is 1. The van der Waals surface area contributed by atoms with Crippen LogP contribution in [0.25, 0.3) is 0 Å². The first-order chi connectivity index (χ1) is 8.85. The maximum atomic E-state index is 12.1. The number of carboxylic acid groups (broad SMARTS) is 1. The molecule has 104 valence electrons. The van der Waals surface area contributed by atoms with Crippen molar-refractivity contribution < 1.29 is 14.7 Å². The van der Waals surface area contributed by atoms with Crippen molar-refractivity contribution in [3.05, 3.63) is 34.4 Å². The van der Waals surface area contributed by atoms with E-state index >= 15 is 0 Å². The minimum absolute atomic E-state index is 0.139. The van der Waals surface area contributed by atoms with Crippen LogP contribution in [0.5, 0.6) is 0 Å². The zero-order valence-electron chi connectivity index (χ0n) is 12.0. The molecule has 4 nitrogen and oxygen atoms in total. The maximum Gasteiger partial charge on any atom is 0.323 e. The van der Waals surface area contributed by atoms with Crippen molar-refractivity contribution in [3.63, 3.8) is 0 Å². The summed E-state index contributed by atoms with van der Waals surface area (Å²) in [6.45, 7) is 7.95. The Hall–Kier alpha value is -1.84. The molecule has 4 heteroatoms. The van der Waals surface area contributed by atoms with Gasteiger partial charge >= 0.3 is 5.97 Å². The van der Waals surface area contributed by atoms with E-state index in [9.17, 15) is 9.59 Å². The Morgan fingerprint density at radius 3 is 2.11 bits per heavy atom. The number of carbonyl (C=O) groups excluding carboxylic acids is 1. The van der Waals surface area contributed by atoms with E-state index in [2.05, 4.69) is 0 Å². The van der Waals surface area contributed by atoms with Crippen LogP contribution in [0.15, 0.2) is 12.1 Å². The van der Waals surface area contributed by atoms with E-state index in [0.717, 1.165) is 16.7 Å². The van der Waals surface area contributed by atoms with Gasteiger partial charge in [-0.3, -0.25) is 9.59 Å². The molecule has 1 aromatic rings. The summed E-state index contributed by atoms with van der Waals surface area (Å²) in [6.07, 6.45) is 0.263. The van der Waals surface area contributed by atoms with Gasteiger partial charge in [-0.05, 0) is 44.4 Å². The number of benzene rings is 1. The zero-order valence-corrected chi connectivity index (χ0v) is 12.0. The highest BCUT2D eigenvalue weighted by Gasteiger charge is 2.17. The fourth-order valence-electron chi connectivity index (χ4n) is 2.29. The molecule has 0 saturated carbocycles. The molecule has 0 bridgehead atoms. The van der Waals surface area contributed by atoms with Gasteiger partial charge < -0.3 is 10.0 Å². The van der Waals surface area contributed by atoms with Gasteiger partial charge in [-0.1, -0.05) is 17.7 Å². The number of rotatable bonds is 5. The molecule has 1 rings (SSSR count). The third kappa shape index (κ3) is 4.09. The highest BCUT2D eigenvalue weighted by molar-refractivity contribution is 5.83. The number of hydrogen-bond donors (Lipinski definition) is 1. The highest BCUT2D eigenvalue weighted by atomic mass is 16.4. The zero-order chi connectivity index (χ0) is 14.6. The van der Waals surface area contributed by atoms with Gasteiger partial charge in [0.2, 0.25) is 5.91 Å². The van der Waals surface area contributed by atoms with Gasteiger partial charge in [0.15, 0.2) is 0 Å². The van der Waals surface area contributed by atoms with Gasteiger partial charge in [-0.15, -0.1) is 0 Å². The molecule has 0 spiro atoms. The first kappa shape index (κ1) is 15.2. The Bertz CT molecular complexity index is 471. The normalized spacial score (nSPS) is 10.3. The third-order valence-electron chi connectivity index (χ3n) is 3.23. The molecule has 0 unspecified atom stereocenters. The van der Waals surface area contributed by atoms with E-state index in [1.54, 1.807) is 6.92 Å². The van der Waals surface area contributed by atoms with Crippen LogP contribution in [-0.2, 0) is 16.0 Å². The van der Waals surface area contributed by atoms with Crippen molar-refractivity contribution in [2.75, 3.05) is 13.1 Å². The summed E-state index contributed by atoms with van der Waals surface area (Å²) in [5, 5.41) is 8.78. The van der Waals surface area contributed by atoms with E-state index < -0.39 is 5.97 Å². The third-order valence-corrected chi connectivity index (χ3v) is 3.23. The van der Waals surface area contributed by atoms with Gasteiger partial charge in [0.1, 0.15) is 6.54 Å². The summed E-state index contributed by atoms with van der Waals surface area (Å²) in [5.74, 6) is -1.12. The van der Waals surface area contributed by atoms with Gasteiger partial charge in [-0.2, -0.15) is 0 Å². The molecule has 0 aliphatic heterocycles. The molecular weight excluding hydrogens is 242 g/mol. The SMILES string of the molecule is CCN(CC(=O)O)C(=O)Cc1c(C)cc(C)cc1C. The van der Waals surface area contributed by atoms with E-state index in [-0.39, 0.29) is 18.9 Å². The topological polar surface area (TPSA) is 57.6 Å². The summed E-state index contributed by atoms with van der Waals surface area (Å²) in [4.78, 5) is 24.2. The summed E-state index contributed by atoms with van der Waals surface area (Å²) in [7, 11) is 0. The summed E-state index contributed by atoms with van der Waals surface area (Å²) >= 11 is 0. The van der Waals surface area contributed by atoms with Crippen LogP contribution >= 0.6 is 0 Å². The fraction of sp³-hybridized carbons (Fsp3) is 0.467. The van der Waals surface area contributed by atoms with Crippen LogP contribution in [0.1, 0.15) is 29.2 Å². The molecule has 1 amide bonds. The molecule has 0 saturated heterocycles. The van der Waals surface area contributed by atoms with Crippen molar-refractivity contribution >= 4 is 11.9 Å².